The van der Waals surface area contributed by atoms with Crippen molar-refractivity contribution >= 4 is 40.9 Å². The molecular weight excluding hydrogens is 398 g/mol. The van der Waals surface area contributed by atoms with E-state index in [1.54, 1.807) is 0 Å². The Bertz CT molecular complexity index is 891. The summed E-state index contributed by atoms with van der Waals surface area (Å²) in [5, 5.41) is 14.0. The van der Waals surface area contributed by atoms with E-state index in [9.17, 15) is 19.5 Å². The Hall–Kier alpha value is -2.52. The first kappa shape index (κ1) is 18.8. The number of thioether (sulfide) groups is 1. The molecule has 3 aliphatic heterocycles. The largest absolute Gasteiger partial charge is 0.477 e. The highest BCUT2D eigenvalue weighted by Crippen LogP contribution is 2.40. The fourth-order valence-electron chi connectivity index (χ4n) is 3.47. The number of rotatable bonds is 6. The van der Waals surface area contributed by atoms with Crippen molar-refractivity contribution in [3.8, 4) is 0 Å². The molecule has 4 rings (SSSR count). The number of thiophene rings is 1. The van der Waals surface area contributed by atoms with Crippen LogP contribution in [0.2, 0.25) is 0 Å². The number of allylic oxidation sites excluding steroid dienone is 2. The first-order chi connectivity index (χ1) is 13.5. The van der Waals surface area contributed by atoms with Crippen molar-refractivity contribution in [3.63, 3.8) is 0 Å². The van der Waals surface area contributed by atoms with Gasteiger partial charge in [0.2, 0.25) is 5.91 Å². The Morgan fingerprint density at radius 3 is 2.86 bits per heavy atom. The van der Waals surface area contributed by atoms with Crippen molar-refractivity contribution in [1.29, 1.82) is 0 Å². The molecule has 1 unspecified atom stereocenters. The molecule has 0 bridgehead atoms. The van der Waals surface area contributed by atoms with E-state index in [0.717, 1.165) is 4.88 Å². The normalized spacial score (nSPS) is 23.5. The summed E-state index contributed by atoms with van der Waals surface area (Å²) < 4.78 is 0. The number of carboxylic acids is 1. The first-order valence-electron chi connectivity index (χ1n) is 8.83. The second-order valence-corrected chi connectivity index (χ2v) is 8.80. The number of carbonyl (C=O) groups is 3. The summed E-state index contributed by atoms with van der Waals surface area (Å²) in [4.78, 5) is 41.0. The lowest BCUT2D eigenvalue weighted by atomic mass is 10.0. The molecule has 3 aliphatic rings. The molecule has 1 aromatic rings. The topological polar surface area (TPSA) is 90.0 Å². The Morgan fingerprint density at radius 2 is 2.18 bits per heavy atom. The van der Waals surface area contributed by atoms with Crippen LogP contribution in [0.3, 0.4) is 0 Å². The van der Waals surface area contributed by atoms with Crippen molar-refractivity contribution in [2.24, 2.45) is 0 Å². The van der Waals surface area contributed by atoms with Gasteiger partial charge >= 0.3 is 5.97 Å². The number of aliphatic carboxylic acids is 1. The number of amides is 2. The van der Waals surface area contributed by atoms with Gasteiger partial charge in [0.1, 0.15) is 17.1 Å². The maximum absolute atomic E-state index is 12.7. The van der Waals surface area contributed by atoms with Crippen LogP contribution in [0, 0.1) is 0 Å². The number of carbonyl (C=O) groups excluding carboxylic acids is 2. The van der Waals surface area contributed by atoms with Gasteiger partial charge in [0, 0.05) is 23.7 Å². The number of fused-ring (bicyclic) bond motifs is 1. The minimum Gasteiger partial charge on any atom is -0.477 e. The van der Waals surface area contributed by atoms with E-state index in [0.29, 0.717) is 24.4 Å². The summed E-state index contributed by atoms with van der Waals surface area (Å²) in [6.45, 7) is 1.16. The van der Waals surface area contributed by atoms with E-state index >= 15 is 0 Å². The zero-order valence-electron chi connectivity index (χ0n) is 14.9. The van der Waals surface area contributed by atoms with Crippen LogP contribution in [-0.4, -0.2) is 62.9 Å². The summed E-state index contributed by atoms with van der Waals surface area (Å²) in [5.41, 5.74) is 0.769. The minimum atomic E-state index is -1.10. The third-order valence-electron chi connectivity index (χ3n) is 4.76. The molecule has 7 nitrogen and oxygen atoms in total. The molecule has 0 saturated carbocycles. The minimum absolute atomic E-state index is 0.0560. The van der Waals surface area contributed by atoms with Crippen LogP contribution in [0.5, 0.6) is 0 Å². The predicted octanol–water partition coefficient (Wildman–Crippen LogP) is 1.41. The van der Waals surface area contributed by atoms with Crippen molar-refractivity contribution in [3.05, 3.63) is 58.1 Å². The molecule has 28 heavy (non-hydrogen) atoms. The molecule has 4 heterocycles. The number of nitrogens with zero attached hydrogens (tertiary/aromatic N) is 2. The molecule has 9 heteroatoms. The maximum atomic E-state index is 12.7. The smallest absolute Gasteiger partial charge is 0.352 e. The molecular formula is C19H19N3O4S2. The van der Waals surface area contributed by atoms with Crippen molar-refractivity contribution in [1.82, 2.24) is 15.1 Å². The Kier molecular flexibility index (Phi) is 5.27. The summed E-state index contributed by atoms with van der Waals surface area (Å²) in [7, 11) is 0. The molecule has 1 saturated heterocycles. The Labute approximate surface area is 170 Å². The Balaban J connectivity index is 1.46. The van der Waals surface area contributed by atoms with E-state index in [1.807, 2.05) is 46.8 Å². The van der Waals surface area contributed by atoms with Gasteiger partial charge in [-0.2, -0.15) is 0 Å². The van der Waals surface area contributed by atoms with E-state index in [1.165, 1.54) is 28.0 Å². The fourth-order valence-corrected chi connectivity index (χ4v) is 5.51. The standard InChI is InChI=1S/C19H19N3O4S2/c23-14(9-13-5-4-8-27-13)20-15-17(24)22-16(19(25)26)12(11-28-18(15)22)10-21-6-2-1-3-7-21/h1-6,8,15,18H,7,9-11H2,(H,20,23)(H,25,26)/t15?,18-/m1/s1. The van der Waals surface area contributed by atoms with Gasteiger partial charge in [-0.1, -0.05) is 18.2 Å². The molecule has 1 aromatic heterocycles. The number of hydrogen-bond acceptors (Lipinski definition) is 6. The first-order valence-corrected chi connectivity index (χ1v) is 10.8. The summed E-state index contributed by atoms with van der Waals surface area (Å²) in [6.07, 6.45) is 7.97. The number of β-lactam (4-membered cyclic amide) rings is 1. The highest BCUT2D eigenvalue weighted by Gasteiger charge is 2.54. The van der Waals surface area contributed by atoms with Gasteiger partial charge in [0.15, 0.2) is 0 Å². The fraction of sp³-hybridized carbons (Fsp3) is 0.316. The second kappa shape index (κ2) is 7.84. The number of nitrogens with one attached hydrogen (secondary N) is 1. The SMILES string of the molecule is O=C(Cc1cccs1)NC1C(=O)N2C(C(=O)O)=C(CN3C=CC=CC3)CS[C@H]12. The molecule has 146 valence electrons. The molecule has 1 fully saturated rings. The van der Waals surface area contributed by atoms with E-state index in [2.05, 4.69) is 5.32 Å². The zero-order chi connectivity index (χ0) is 19.7. The lowest BCUT2D eigenvalue weighted by Gasteiger charge is -2.49. The quantitative estimate of drug-likeness (QED) is 0.681. The van der Waals surface area contributed by atoms with E-state index in [-0.39, 0.29) is 29.3 Å². The van der Waals surface area contributed by atoms with Crippen LogP contribution in [0.15, 0.2) is 53.2 Å². The molecule has 2 N–H and O–H groups in total. The molecule has 0 aromatic carbocycles. The highest BCUT2D eigenvalue weighted by atomic mass is 32.2. The third-order valence-corrected chi connectivity index (χ3v) is 6.98. The average molecular weight is 418 g/mol. The predicted molar refractivity (Wildman–Crippen MR) is 108 cm³/mol. The molecule has 2 atom stereocenters. The van der Waals surface area contributed by atoms with Gasteiger partial charge < -0.3 is 15.3 Å². The van der Waals surface area contributed by atoms with Crippen molar-refractivity contribution < 1.29 is 19.5 Å². The van der Waals surface area contributed by atoms with Crippen LogP contribution in [0.1, 0.15) is 4.88 Å². The van der Waals surface area contributed by atoms with Crippen LogP contribution < -0.4 is 5.32 Å². The van der Waals surface area contributed by atoms with Crippen LogP contribution in [-0.2, 0) is 20.8 Å². The molecule has 2 amide bonds. The van der Waals surface area contributed by atoms with Gasteiger partial charge in [-0.15, -0.1) is 23.1 Å². The van der Waals surface area contributed by atoms with Crippen LogP contribution in [0.4, 0.5) is 0 Å². The molecule has 0 spiro atoms. The highest BCUT2D eigenvalue weighted by molar-refractivity contribution is 8.00. The lowest BCUT2D eigenvalue weighted by Crippen LogP contribution is -2.70. The summed E-state index contributed by atoms with van der Waals surface area (Å²) in [6, 6.07) is 3.07. The molecule has 0 radical (unpaired) electrons. The second-order valence-electron chi connectivity index (χ2n) is 6.67. The number of carboxylic acid groups (broad SMARTS) is 1. The van der Waals surface area contributed by atoms with E-state index < -0.39 is 12.0 Å². The monoisotopic (exact) mass is 417 g/mol. The van der Waals surface area contributed by atoms with Crippen molar-refractivity contribution in [2.75, 3.05) is 18.8 Å². The van der Waals surface area contributed by atoms with Gasteiger partial charge in [0.25, 0.3) is 5.91 Å². The van der Waals surface area contributed by atoms with Crippen molar-refractivity contribution in [2.45, 2.75) is 17.8 Å². The van der Waals surface area contributed by atoms with Crippen LogP contribution >= 0.6 is 23.1 Å². The lowest BCUT2D eigenvalue weighted by molar-refractivity contribution is -0.150. The maximum Gasteiger partial charge on any atom is 0.352 e. The third kappa shape index (κ3) is 3.59. The van der Waals surface area contributed by atoms with Gasteiger partial charge in [-0.25, -0.2) is 4.79 Å². The van der Waals surface area contributed by atoms with E-state index in [4.69, 9.17) is 0 Å². The summed E-state index contributed by atoms with van der Waals surface area (Å²) in [5.74, 6) is -1.17. The zero-order valence-corrected chi connectivity index (χ0v) is 16.5. The van der Waals surface area contributed by atoms with Gasteiger partial charge in [-0.05, 0) is 29.3 Å². The van der Waals surface area contributed by atoms with Gasteiger partial charge in [0.05, 0.1) is 6.42 Å². The van der Waals surface area contributed by atoms with Gasteiger partial charge in [-0.3, -0.25) is 14.5 Å². The Morgan fingerprint density at radius 1 is 1.32 bits per heavy atom. The van der Waals surface area contributed by atoms with Crippen LogP contribution in [0.25, 0.3) is 0 Å². The summed E-state index contributed by atoms with van der Waals surface area (Å²) >= 11 is 2.98. The number of hydrogen-bond donors (Lipinski definition) is 2. The average Bonchev–Trinajstić information content (AvgIpc) is 3.19. The molecule has 0 aliphatic carbocycles.